The molecule has 1 amide bonds. The third-order valence-corrected chi connectivity index (χ3v) is 5.24. The van der Waals surface area contributed by atoms with Crippen molar-refractivity contribution in [1.29, 1.82) is 0 Å². The maximum atomic E-state index is 11.7. The highest BCUT2D eigenvalue weighted by Crippen LogP contribution is 2.18. The van der Waals surface area contributed by atoms with Crippen LogP contribution >= 0.6 is 24.0 Å². The van der Waals surface area contributed by atoms with E-state index in [9.17, 15) is 4.79 Å². The Kier molecular flexibility index (Phi) is 13.6. The van der Waals surface area contributed by atoms with Gasteiger partial charge in [-0.3, -0.25) is 14.7 Å². The Balaban J connectivity index is 0.00000512. The van der Waals surface area contributed by atoms with Crippen molar-refractivity contribution in [3.63, 3.8) is 0 Å². The molecule has 1 saturated carbocycles. The van der Waals surface area contributed by atoms with Gasteiger partial charge in [-0.05, 0) is 71.6 Å². The summed E-state index contributed by atoms with van der Waals surface area (Å²) in [6, 6.07) is 9.34. The number of aliphatic imine (C=N–C) groups is 1. The van der Waals surface area contributed by atoms with Crippen molar-refractivity contribution in [3.05, 3.63) is 29.8 Å². The number of amides is 1. The Morgan fingerprint density at radius 1 is 1.12 bits per heavy atom. The summed E-state index contributed by atoms with van der Waals surface area (Å²) in [5.41, 5.74) is 1.21. The summed E-state index contributed by atoms with van der Waals surface area (Å²) in [6.45, 7) is 14.4. The molecule has 0 spiro atoms. The summed E-state index contributed by atoms with van der Waals surface area (Å²) in [6.07, 6.45) is 3.06. The summed E-state index contributed by atoms with van der Waals surface area (Å²) < 4.78 is 5.56. The second kappa shape index (κ2) is 15.3. The van der Waals surface area contributed by atoms with Crippen LogP contribution in [0.3, 0.4) is 0 Å². The largest absolute Gasteiger partial charge is 0.484 e. The number of nitrogens with one attached hydrogen (secondary N) is 3. The summed E-state index contributed by atoms with van der Waals surface area (Å²) in [7, 11) is 0. The molecular weight excluding hydrogens is 517 g/mol. The van der Waals surface area contributed by atoms with Gasteiger partial charge >= 0.3 is 0 Å². The zero-order valence-corrected chi connectivity index (χ0v) is 22.6. The van der Waals surface area contributed by atoms with Crippen LogP contribution in [0.1, 0.15) is 53.0 Å². The van der Waals surface area contributed by atoms with Crippen LogP contribution in [-0.2, 0) is 11.2 Å². The van der Waals surface area contributed by atoms with E-state index in [0.29, 0.717) is 18.1 Å². The van der Waals surface area contributed by atoms with E-state index in [1.54, 1.807) is 0 Å². The van der Waals surface area contributed by atoms with E-state index in [0.717, 1.165) is 57.2 Å². The van der Waals surface area contributed by atoms with Crippen LogP contribution in [-0.4, -0.2) is 67.7 Å². The second-order valence-corrected chi connectivity index (χ2v) is 8.64. The van der Waals surface area contributed by atoms with Crippen molar-refractivity contribution >= 4 is 35.8 Å². The third kappa shape index (κ3) is 11.4. The molecule has 1 aliphatic carbocycles. The SMILES string of the molecule is CCNC(=NCCN(C(C)C)C(C)C)NCCc1ccc(OCC(=O)NC2CC2)cc1.I. The Bertz CT molecular complexity index is 682. The van der Waals surface area contributed by atoms with Gasteiger partial charge in [0.2, 0.25) is 0 Å². The van der Waals surface area contributed by atoms with E-state index < -0.39 is 0 Å². The van der Waals surface area contributed by atoms with Crippen molar-refractivity contribution in [2.45, 2.75) is 72.0 Å². The molecule has 0 unspecified atom stereocenters. The minimum Gasteiger partial charge on any atom is -0.484 e. The highest BCUT2D eigenvalue weighted by Gasteiger charge is 2.23. The van der Waals surface area contributed by atoms with Gasteiger partial charge in [0.15, 0.2) is 12.6 Å². The van der Waals surface area contributed by atoms with Crippen molar-refractivity contribution in [1.82, 2.24) is 20.9 Å². The quantitative estimate of drug-likeness (QED) is 0.197. The van der Waals surface area contributed by atoms with Crippen molar-refractivity contribution < 1.29 is 9.53 Å². The van der Waals surface area contributed by atoms with Crippen LogP contribution in [0.2, 0.25) is 0 Å². The van der Waals surface area contributed by atoms with Crippen LogP contribution in [0.5, 0.6) is 5.75 Å². The van der Waals surface area contributed by atoms with Gasteiger partial charge in [-0.1, -0.05) is 12.1 Å². The lowest BCUT2D eigenvalue weighted by Gasteiger charge is -2.29. The number of hydrogen-bond acceptors (Lipinski definition) is 4. The fourth-order valence-electron chi connectivity index (χ4n) is 3.46. The monoisotopic (exact) mass is 559 g/mol. The van der Waals surface area contributed by atoms with Gasteiger partial charge in [0.05, 0.1) is 6.54 Å². The first kappa shape index (κ1) is 28.5. The topological polar surface area (TPSA) is 78.0 Å². The van der Waals surface area contributed by atoms with Gasteiger partial charge in [-0.15, -0.1) is 24.0 Å². The van der Waals surface area contributed by atoms with Gasteiger partial charge in [0.25, 0.3) is 5.91 Å². The first-order valence-corrected chi connectivity index (χ1v) is 11.7. The molecular formula is C24H42IN5O2. The first-order valence-electron chi connectivity index (χ1n) is 11.7. The smallest absolute Gasteiger partial charge is 0.258 e. The van der Waals surface area contributed by atoms with Crippen LogP contribution in [0.25, 0.3) is 0 Å². The average molecular weight is 560 g/mol. The van der Waals surface area contributed by atoms with Crippen LogP contribution in [0.15, 0.2) is 29.3 Å². The predicted molar refractivity (Wildman–Crippen MR) is 143 cm³/mol. The minimum absolute atomic E-state index is 0. The summed E-state index contributed by atoms with van der Waals surface area (Å²) >= 11 is 0. The molecule has 0 aliphatic heterocycles. The number of carbonyl (C=O) groups excluding carboxylic acids is 1. The molecule has 0 aromatic heterocycles. The maximum absolute atomic E-state index is 11.7. The molecule has 8 heteroatoms. The fraction of sp³-hybridized carbons (Fsp3) is 0.667. The Morgan fingerprint density at radius 2 is 1.78 bits per heavy atom. The number of hydrogen-bond donors (Lipinski definition) is 3. The Morgan fingerprint density at radius 3 is 2.34 bits per heavy atom. The highest BCUT2D eigenvalue weighted by molar-refractivity contribution is 14.0. The number of guanidine groups is 1. The molecule has 0 radical (unpaired) electrons. The van der Waals surface area contributed by atoms with Crippen molar-refractivity contribution in [2.75, 3.05) is 32.8 Å². The summed E-state index contributed by atoms with van der Waals surface area (Å²) in [5.74, 6) is 1.53. The van der Waals surface area contributed by atoms with Gasteiger partial charge in [0, 0.05) is 37.8 Å². The van der Waals surface area contributed by atoms with Gasteiger partial charge in [0.1, 0.15) is 5.75 Å². The predicted octanol–water partition coefficient (Wildman–Crippen LogP) is 3.18. The van der Waals surface area contributed by atoms with E-state index in [2.05, 4.69) is 55.5 Å². The molecule has 0 heterocycles. The molecule has 3 N–H and O–H groups in total. The molecule has 7 nitrogen and oxygen atoms in total. The van der Waals surface area contributed by atoms with E-state index >= 15 is 0 Å². The van der Waals surface area contributed by atoms with E-state index in [-0.39, 0.29) is 36.5 Å². The van der Waals surface area contributed by atoms with Crippen LogP contribution < -0.4 is 20.7 Å². The number of carbonyl (C=O) groups is 1. The normalized spacial score (nSPS) is 13.8. The molecule has 1 fully saturated rings. The standard InChI is InChI=1S/C24H41N5O2.HI/c1-6-25-24(27-15-16-29(18(2)3)19(4)5)26-14-13-20-7-11-22(12-8-20)31-17-23(30)28-21-9-10-21;/h7-8,11-12,18-19,21H,6,9-10,13-17H2,1-5H3,(H,28,30)(H2,25,26,27);1H. The minimum atomic E-state index is -0.0454. The maximum Gasteiger partial charge on any atom is 0.258 e. The lowest BCUT2D eigenvalue weighted by molar-refractivity contribution is -0.123. The Labute approximate surface area is 211 Å². The molecule has 1 aromatic rings. The molecule has 182 valence electrons. The van der Waals surface area contributed by atoms with Crippen molar-refractivity contribution in [2.24, 2.45) is 4.99 Å². The number of benzene rings is 1. The zero-order valence-electron chi connectivity index (χ0n) is 20.3. The molecule has 2 rings (SSSR count). The molecule has 1 aliphatic rings. The fourth-order valence-corrected chi connectivity index (χ4v) is 3.46. The van der Waals surface area contributed by atoms with E-state index in [1.165, 1.54) is 5.56 Å². The lowest BCUT2D eigenvalue weighted by Crippen LogP contribution is -2.41. The van der Waals surface area contributed by atoms with Gasteiger partial charge in [-0.2, -0.15) is 0 Å². The number of nitrogens with zero attached hydrogens (tertiary/aromatic N) is 2. The summed E-state index contributed by atoms with van der Waals surface area (Å²) in [5, 5.41) is 9.66. The number of rotatable bonds is 13. The van der Waals surface area contributed by atoms with Crippen LogP contribution in [0, 0.1) is 0 Å². The zero-order chi connectivity index (χ0) is 22.6. The number of ether oxygens (including phenoxy) is 1. The average Bonchev–Trinajstić information content (AvgIpc) is 3.54. The van der Waals surface area contributed by atoms with Crippen molar-refractivity contribution in [3.8, 4) is 5.75 Å². The summed E-state index contributed by atoms with van der Waals surface area (Å²) in [4.78, 5) is 18.9. The molecule has 0 atom stereocenters. The van der Waals surface area contributed by atoms with E-state index in [4.69, 9.17) is 9.73 Å². The third-order valence-electron chi connectivity index (χ3n) is 5.24. The molecule has 1 aromatic carbocycles. The van der Waals surface area contributed by atoms with Crippen LogP contribution in [0.4, 0.5) is 0 Å². The first-order chi connectivity index (χ1) is 14.9. The number of halogens is 1. The van der Waals surface area contributed by atoms with E-state index in [1.807, 2.05) is 24.3 Å². The highest BCUT2D eigenvalue weighted by atomic mass is 127. The Hall–Kier alpha value is -1.55. The second-order valence-electron chi connectivity index (χ2n) is 8.64. The van der Waals surface area contributed by atoms with Gasteiger partial charge < -0.3 is 20.7 Å². The molecule has 32 heavy (non-hydrogen) atoms. The molecule has 0 bridgehead atoms. The van der Waals surface area contributed by atoms with Gasteiger partial charge in [-0.25, -0.2) is 0 Å². The molecule has 0 saturated heterocycles. The lowest BCUT2D eigenvalue weighted by atomic mass is 10.1.